The van der Waals surface area contributed by atoms with Gasteiger partial charge in [-0.25, -0.2) is 4.85 Å². The molecule has 0 radical (unpaired) electrons. The number of hydrogen-bond donors (Lipinski definition) is 1. The highest BCUT2D eigenvalue weighted by Crippen LogP contribution is 2.36. The smallest absolute Gasteiger partial charge is 0.205 e. The summed E-state index contributed by atoms with van der Waals surface area (Å²) in [5.74, 6) is 0. The summed E-state index contributed by atoms with van der Waals surface area (Å²) in [6.07, 6.45) is 0.831. The van der Waals surface area contributed by atoms with Crippen molar-refractivity contribution >= 4 is 23.0 Å². The Hall–Kier alpha value is -1.65. The molecule has 1 aromatic carbocycles. The van der Waals surface area contributed by atoms with Crippen LogP contribution in [0, 0.1) is 13.5 Å². The zero-order valence-electron chi connectivity index (χ0n) is 14.4. The molecule has 2 aliphatic heterocycles. The first-order valence-electron chi connectivity index (χ1n) is 8.37. The normalized spacial score (nSPS) is 25.0. The third kappa shape index (κ3) is 3.51. The van der Waals surface area contributed by atoms with Crippen molar-refractivity contribution in [2.24, 2.45) is 5.10 Å². The highest BCUT2D eigenvalue weighted by Gasteiger charge is 2.44. The Bertz CT molecular complexity index is 716. The fourth-order valence-corrected chi connectivity index (χ4v) is 3.65. The van der Waals surface area contributed by atoms with Crippen molar-refractivity contribution in [3.05, 3.63) is 39.7 Å². The van der Waals surface area contributed by atoms with Gasteiger partial charge in [0.25, 0.3) is 0 Å². The lowest BCUT2D eigenvalue weighted by molar-refractivity contribution is 0.0441. The summed E-state index contributed by atoms with van der Waals surface area (Å²) in [5, 5.41) is 17.0. The summed E-state index contributed by atoms with van der Waals surface area (Å²) in [4.78, 5) is 3.44. The second-order valence-electron chi connectivity index (χ2n) is 6.38. The predicted molar refractivity (Wildman–Crippen MR) is 96.3 cm³/mol. The van der Waals surface area contributed by atoms with Crippen molar-refractivity contribution in [3.8, 4) is 0 Å². The zero-order valence-corrected chi connectivity index (χ0v) is 15.2. The Morgan fingerprint density at radius 3 is 2.96 bits per heavy atom. The average Bonchev–Trinajstić information content (AvgIpc) is 3.10. The van der Waals surface area contributed by atoms with E-state index in [1.54, 1.807) is 13.2 Å². The molecule has 1 saturated heterocycles. The van der Waals surface area contributed by atoms with Crippen LogP contribution in [0.2, 0.25) is 5.02 Å². The van der Waals surface area contributed by atoms with Crippen LogP contribution in [-0.2, 0) is 9.47 Å². The minimum absolute atomic E-state index is 0.0336. The summed E-state index contributed by atoms with van der Waals surface area (Å²) in [5.41, 5.74) is 3.00. The highest BCUT2D eigenvalue weighted by molar-refractivity contribution is 6.34. The largest absolute Gasteiger partial charge is 0.391 e. The maximum Gasteiger partial charge on any atom is 0.205 e. The third-order valence-corrected chi connectivity index (χ3v) is 5.18. The minimum Gasteiger partial charge on any atom is -0.391 e. The fourth-order valence-electron chi connectivity index (χ4n) is 3.44. The van der Waals surface area contributed by atoms with Crippen LogP contribution in [0.5, 0.6) is 0 Å². The van der Waals surface area contributed by atoms with E-state index in [-0.39, 0.29) is 18.2 Å². The molecule has 2 aliphatic rings. The summed E-state index contributed by atoms with van der Waals surface area (Å²) < 4.78 is 11.2. The maximum absolute atomic E-state index is 9.95. The molecule has 7 heteroatoms. The molecule has 134 valence electrons. The van der Waals surface area contributed by atoms with Crippen LogP contribution in [0.15, 0.2) is 17.2 Å². The van der Waals surface area contributed by atoms with Gasteiger partial charge in [-0.3, -0.25) is 5.01 Å². The fraction of sp³-hybridized carbons (Fsp3) is 0.556. The molecule has 25 heavy (non-hydrogen) atoms. The number of halogens is 1. The Kier molecular flexibility index (Phi) is 5.60. The number of aliphatic hydroxyl groups excluding tert-OH is 1. The van der Waals surface area contributed by atoms with Crippen molar-refractivity contribution in [2.45, 2.75) is 38.0 Å². The number of methoxy groups -OCH3 is 1. The molecule has 0 spiro atoms. The summed E-state index contributed by atoms with van der Waals surface area (Å²) in [6.45, 7) is 10.8. The average molecular weight is 364 g/mol. The lowest BCUT2D eigenvalue weighted by Crippen LogP contribution is -2.36. The molecular weight excluding hydrogens is 342 g/mol. The Balaban J connectivity index is 1.88. The quantitative estimate of drug-likeness (QED) is 0.623. The van der Waals surface area contributed by atoms with Crippen LogP contribution in [0.3, 0.4) is 0 Å². The van der Waals surface area contributed by atoms with Gasteiger partial charge < -0.3 is 14.6 Å². The second kappa shape index (κ2) is 7.71. The number of hydrazone groups is 1. The van der Waals surface area contributed by atoms with Crippen LogP contribution >= 0.6 is 11.6 Å². The second-order valence-corrected chi connectivity index (χ2v) is 6.76. The Morgan fingerprint density at radius 2 is 2.24 bits per heavy atom. The van der Waals surface area contributed by atoms with E-state index in [9.17, 15) is 5.11 Å². The van der Waals surface area contributed by atoms with Crippen molar-refractivity contribution < 1.29 is 14.6 Å². The Morgan fingerprint density at radius 1 is 1.44 bits per heavy atom. The molecule has 3 rings (SSSR count). The van der Waals surface area contributed by atoms with E-state index >= 15 is 0 Å². The minimum atomic E-state index is -0.380. The molecule has 1 fully saturated rings. The molecule has 2 heterocycles. The van der Waals surface area contributed by atoms with Crippen LogP contribution in [0.4, 0.5) is 5.69 Å². The van der Waals surface area contributed by atoms with E-state index < -0.39 is 0 Å². The number of benzene rings is 1. The van der Waals surface area contributed by atoms with Crippen LogP contribution in [0.1, 0.15) is 24.0 Å². The summed E-state index contributed by atoms with van der Waals surface area (Å²) >= 11 is 6.33. The summed E-state index contributed by atoms with van der Waals surface area (Å²) in [7, 11) is 1.67. The van der Waals surface area contributed by atoms with Gasteiger partial charge in [0.15, 0.2) is 0 Å². The lowest BCUT2D eigenvalue weighted by Gasteiger charge is -2.22. The van der Waals surface area contributed by atoms with Gasteiger partial charge in [-0.1, -0.05) is 23.7 Å². The van der Waals surface area contributed by atoms with Gasteiger partial charge in [0.2, 0.25) is 5.69 Å². The molecule has 0 bridgehead atoms. The molecule has 0 aliphatic carbocycles. The molecule has 0 aromatic heterocycles. The van der Waals surface area contributed by atoms with Gasteiger partial charge in [-0.05, 0) is 18.9 Å². The predicted octanol–water partition coefficient (Wildman–Crippen LogP) is 2.77. The molecule has 0 amide bonds. The molecule has 1 aromatic rings. The monoisotopic (exact) mass is 363 g/mol. The number of aliphatic hydroxyl groups is 1. The standard InChI is InChI=1S/C18H22ClN3O3/c1-11-13(5-6-14(20-2)16(11)19)17-18(25-8-4-7-24-3)15-9-12(23)10-22(15)21-17/h5-6,12,15,18,23H,4,7-10H2,1,3H3/t12-,15+,18+/m1/s1. The SMILES string of the molecule is [C-]#[N+]c1ccc(C2=NN3C[C@H](O)C[C@H]3[C@@H]2OCCCOC)c(C)c1Cl. The van der Waals surface area contributed by atoms with E-state index in [2.05, 4.69) is 4.85 Å². The number of rotatable bonds is 6. The topological polar surface area (TPSA) is 58.7 Å². The van der Waals surface area contributed by atoms with Gasteiger partial charge in [0.05, 0.1) is 36.0 Å². The van der Waals surface area contributed by atoms with Crippen LogP contribution in [-0.4, -0.2) is 60.9 Å². The lowest BCUT2D eigenvalue weighted by atomic mass is 9.95. The van der Waals surface area contributed by atoms with Gasteiger partial charge in [0.1, 0.15) is 6.10 Å². The van der Waals surface area contributed by atoms with Gasteiger partial charge in [-0.2, -0.15) is 5.10 Å². The van der Waals surface area contributed by atoms with Crippen LogP contribution in [0.25, 0.3) is 4.85 Å². The van der Waals surface area contributed by atoms with E-state index in [1.165, 1.54) is 0 Å². The van der Waals surface area contributed by atoms with Crippen molar-refractivity contribution in [2.75, 3.05) is 26.9 Å². The molecule has 6 nitrogen and oxygen atoms in total. The van der Waals surface area contributed by atoms with Crippen molar-refractivity contribution in [1.29, 1.82) is 0 Å². The zero-order chi connectivity index (χ0) is 18.0. The maximum atomic E-state index is 9.95. The molecule has 0 saturated carbocycles. The Labute approximate surface area is 152 Å². The van der Waals surface area contributed by atoms with Gasteiger partial charge >= 0.3 is 0 Å². The molecular formula is C18H22ClN3O3. The number of hydrogen-bond acceptors (Lipinski definition) is 5. The highest BCUT2D eigenvalue weighted by atomic mass is 35.5. The van der Waals surface area contributed by atoms with Crippen LogP contribution < -0.4 is 0 Å². The number of nitrogens with zero attached hydrogens (tertiary/aromatic N) is 3. The van der Waals surface area contributed by atoms with E-state index in [4.69, 9.17) is 32.7 Å². The van der Waals surface area contributed by atoms with Gasteiger partial charge in [0, 0.05) is 32.3 Å². The van der Waals surface area contributed by atoms with Crippen molar-refractivity contribution in [1.82, 2.24) is 5.01 Å². The van der Waals surface area contributed by atoms with Gasteiger partial charge in [-0.15, -0.1) is 0 Å². The third-order valence-electron chi connectivity index (χ3n) is 4.70. The van der Waals surface area contributed by atoms with Crippen molar-refractivity contribution in [3.63, 3.8) is 0 Å². The molecule has 1 N–H and O–H groups in total. The van der Waals surface area contributed by atoms with E-state index in [1.807, 2.05) is 18.0 Å². The van der Waals surface area contributed by atoms with E-state index in [0.717, 1.165) is 23.3 Å². The first kappa shape index (κ1) is 18.2. The molecule has 3 atom stereocenters. The van der Waals surface area contributed by atoms with E-state index in [0.29, 0.717) is 36.9 Å². The first-order chi connectivity index (χ1) is 12.1. The molecule has 0 unspecified atom stereocenters. The number of ether oxygens (including phenoxy) is 2. The first-order valence-corrected chi connectivity index (χ1v) is 8.75. The number of fused-ring (bicyclic) bond motifs is 1. The summed E-state index contributed by atoms with van der Waals surface area (Å²) in [6, 6.07) is 3.64.